The van der Waals surface area contributed by atoms with Crippen molar-refractivity contribution in [3.8, 4) is 5.75 Å². The van der Waals surface area contributed by atoms with Gasteiger partial charge in [0.2, 0.25) is 0 Å². The third-order valence-corrected chi connectivity index (χ3v) is 4.58. The van der Waals surface area contributed by atoms with Crippen LogP contribution in [-0.4, -0.2) is 37.2 Å². The lowest BCUT2D eigenvalue weighted by atomic mass is 10.1. The average Bonchev–Trinajstić information content (AvgIpc) is 3.13. The minimum absolute atomic E-state index is 0.0170. The van der Waals surface area contributed by atoms with Gasteiger partial charge in [0.05, 0.1) is 18.8 Å². The van der Waals surface area contributed by atoms with E-state index >= 15 is 0 Å². The predicted octanol–water partition coefficient (Wildman–Crippen LogP) is 3.96. The van der Waals surface area contributed by atoms with E-state index in [1.54, 1.807) is 4.90 Å². The lowest BCUT2D eigenvalue weighted by Gasteiger charge is -2.26. The van der Waals surface area contributed by atoms with Gasteiger partial charge in [0.25, 0.3) is 5.91 Å². The van der Waals surface area contributed by atoms with E-state index in [-0.39, 0.29) is 17.6 Å². The number of rotatable bonds is 6. The number of carbonyl (C=O) groups is 1. The van der Waals surface area contributed by atoms with Crippen LogP contribution in [0.1, 0.15) is 34.3 Å². The van der Waals surface area contributed by atoms with Crippen LogP contribution in [0.3, 0.4) is 0 Å². The molecule has 0 aliphatic carbocycles. The molecule has 1 unspecified atom stereocenters. The minimum atomic E-state index is -0.457. The quantitative estimate of drug-likeness (QED) is 0.785. The van der Waals surface area contributed by atoms with Gasteiger partial charge in [-0.25, -0.2) is 4.39 Å². The Bertz CT molecular complexity index is 772. The fraction of sp³-hybridized carbons (Fsp3) is 0.381. The van der Waals surface area contributed by atoms with Gasteiger partial charge in [-0.05, 0) is 43.5 Å². The number of ether oxygens (including phenoxy) is 2. The van der Waals surface area contributed by atoms with Gasteiger partial charge in [-0.1, -0.05) is 29.8 Å². The Hall–Kier alpha value is -2.40. The summed E-state index contributed by atoms with van der Waals surface area (Å²) >= 11 is 0. The summed E-state index contributed by atoms with van der Waals surface area (Å²) in [6, 6.07) is 12.1. The van der Waals surface area contributed by atoms with Crippen molar-refractivity contribution in [2.75, 3.05) is 20.3 Å². The molecule has 3 rings (SSSR count). The molecule has 1 amide bonds. The SMILES string of the molecule is COc1ccc(F)cc1C(=O)N(Cc1cccc(C)c1)CC1CCCO1. The highest BCUT2D eigenvalue weighted by atomic mass is 19.1. The molecular weight excluding hydrogens is 333 g/mol. The summed E-state index contributed by atoms with van der Waals surface area (Å²) in [5.41, 5.74) is 2.40. The van der Waals surface area contributed by atoms with Gasteiger partial charge in [0.15, 0.2) is 0 Å². The number of benzene rings is 2. The molecule has 0 radical (unpaired) electrons. The van der Waals surface area contributed by atoms with Gasteiger partial charge in [-0.3, -0.25) is 4.79 Å². The zero-order valence-corrected chi connectivity index (χ0v) is 15.2. The van der Waals surface area contributed by atoms with Crippen LogP contribution in [0.15, 0.2) is 42.5 Å². The molecule has 0 N–H and O–H groups in total. The molecule has 1 saturated heterocycles. The Morgan fingerprint density at radius 2 is 2.15 bits per heavy atom. The first-order valence-electron chi connectivity index (χ1n) is 8.87. The van der Waals surface area contributed by atoms with E-state index in [1.807, 2.05) is 25.1 Å². The van der Waals surface area contributed by atoms with Gasteiger partial charge in [-0.2, -0.15) is 0 Å². The highest BCUT2D eigenvalue weighted by Gasteiger charge is 2.26. The number of hydrogen-bond donors (Lipinski definition) is 0. The molecule has 26 heavy (non-hydrogen) atoms. The molecule has 1 heterocycles. The molecule has 2 aromatic carbocycles. The number of halogens is 1. The van der Waals surface area contributed by atoms with E-state index in [0.717, 1.165) is 30.6 Å². The Morgan fingerprint density at radius 3 is 2.85 bits per heavy atom. The van der Waals surface area contributed by atoms with Gasteiger partial charge in [0.1, 0.15) is 11.6 Å². The molecule has 138 valence electrons. The van der Waals surface area contributed by atoms with Crippen LogP contribution in [0.4, 0.5) is 4.39 Å². The second-order valence-electron chi connectivity index (χ2n) is 6.65. The monoisotopic (exact) mass is 357 g/mol. The molecule has 1 aliphatic heterocycles. The standard InChI is InChI=1S/C21H24FNO3/c1-15-5-3-6-16(11-15)13-23(14-18-7-4-10-26-18)21(24)19-12-17(22)8-9-20(19)25-2/h3,5-6,8-9,11-12,18H,4,7,10,13-14H2,1-2H3. The Labute approximate surface area is 153 Å². The first-order valence-corrected chi connectivity index (χ1v) is 8.87. The molecule has 0 aromatic heterocycles. The topological polar surface area (TPSA) is 38.8 Å². The van der Waals surface area contributed by atoms with Crippen molar-refractivity contribution in [1.29, 1.82) is 0 Å². The van der Waals surface area contributed by atoms with E-state index in [1.165, 1.54) is 25.3 Å². The van der Waals surface area contributed by atoms with Crippen LogP contribution >= 0.6 is 0 Å². The van der Waals surface area contributed by atoms with Gasteiger partial charge in [0, 0.05) is 19.7 Å². The summed E-state index contributed by atoms with van der Waals surface area (Å²) in [5.74, 6) is -0.335. The van der Waals surface area contributed by atoms with Crippen LogP contribution in [0.5, 0.6) is 5.75 Å². The van der Waals surface area contributed by atoms with Crippen molar-refractivity contribution in [3.63, 3.8) is 0 Å². The number of aryl methyl sites for hydroxylation is 1. The maximum atomic E-state index is 13.7. The van der Waals surface area contributed by atoms with Gasteiger partial charge < -0.3 is 14.4 Å². The van der Waals surface area contributed by atoms with Crippen molar-refractivity contribution in [3.05, 3.63) is 65.0 Å². The summed E-state index contributed by atoms with van der Waals surface area (Å²) in [6.07, 6.45) is 1.95. The third-order valence-electron chi connectivity index (χ3n) is 4.58. The predicted molar refractivity (Wildman–Crippen MR) is 97.8 cm³/mol. The van der Waals surface area contributed by atoms with Crippen molar-refractivity contribution in [2.24, 2.45) is 0 Å². The normalized spacial score (nSPS) is 16.5. The zero-order valence-electron chi connectivity index (χ0n) is 15.2. The fourth-order valence-electron chi connectivity index (χ4n) is 3.30. The first-order chi connectivity index (χ1) is 12.6. The van der Waals surface area contributed by atoms with Crippen molar-refractivity contribution < 1.29 is 18.7 Å². The number of nitrogens with zero attached hydrogens (tertiary/aromatic N) is 1. The summed E-state index contributed by atoms with van der Waals surface area (Å²) in [4.78, 5) is 14.9. The van der Waals surface area contributed by atoms with Crippen molar-refractivity contribution in [1.82, 2.24) is 4.90 Å². The van der Waals surface area contributed by atoms with Crippen LogP contribution < -0.4 is 4.74 Å². The maximum Gasteiger partial charge on any atom is 0.258 e. The Balaban J connectivity index is 1.88. The minimum Gasteiger partial charge on any atom is -0.496 e. The largest absolute Gasteiger partial charge is 0.496 e. The van der Waals surface area contributed by atoms with E-state index in [4.69, 9.17) is 9.47 Å². The maximum absolute atomic E-state index is 13.7. The Morgan fingerprint density at radius 1 is 1.31 bits per heavy atom. The lowest BCUT2D eigenvalue weighted by molar-refractivity contribution is 0.0504. The number of hydrogen-bond acceptors (Lipinski definition) is 3. The third kappa shape index (κ3) is 4.41. The van der Waals surface area contributed by atoms with E-state index in [2.05, 4.69) is 6.07 Å². The summed E-state index contributed by atoms with van der Waals surface area (Å²) < 4.78 is 24.7. The van der Waals surface area contributed by atoms with Crippen LogP contribution in [0, 0.1) is 12.7 Å². The first kappa shape index (κ1) is 18.4. The zero-order chi connectivity index (χ0) is 18.5. The lowest BCUT2D eigenvalue weighted by Crippen LogP contribution is -2.37. The summed E-state index contributed by atoms with van der Waals surface area (Å²) in [6.45, 7) is 3.66. The highest BCUT2D eigenvalue weighted by Crippen LogP contribution is 2.24. The molecule has 5 heteroatoms. The van der Waals surface area contributed by atoms with Crippen molar-refractivity contribution in [2.45, 2.75) is 32.4 Å². The number of amides is 1. The van der Waals surface area contributed by atoms with Crippen molar-refractivity contribution >= 4 is 5.91 Å². The van der Waals surface area contributed by atoms with Crippen LogP contribution in [-0.2, 0) is 11.3 Å². The van der Waals surface area contributed by atoms with Crippen LogP contribution in [0.25, 0.3) is 0 Å². The number of methoxy groups -OCH3 is 1. The average molecular weight is 357 g/mol. The molecule has 1 atom stereocenters. The smallest absolute Gasteiger partial charge is 0.258 e. The second kappa shape index (κ2) is 8.32. The molecule has 2 aromatic rings. The van der Waals surface area contributed by atoms with E-state index < -0.39 is 5.82 Å². The molecule has 1 fully saturated rings. The Kier molecular flexibility index (Phi) is 5.89. The molecule has 0 saturated carbocycles. The highest BCUT2D eigenvalue weighted by molar-refractivity contribution is 5.97. The second-order valence-corrected chi connectivity index (χ2v) is 6.65. The molecular formula is C21H24FNO3. The summed E-state index contributed by atoms with van der Waals surface area (Å²) in [7, 11) is 1.48. The fourth-order valence-corrected chi connectivity index (χ4v) is 3.30. The molecule has 1 aliphatic rings. The number of carbonyl (C=O) groups excluding carboxylic acids is 1. The molecule has 4 nitrogen and oxygen atoms in total. The summed E-state index contributed by atoms with van der Waals surface area (Å²) in [5, 5.41) is 0. The van der Waals surface area contributed by atoms with E-state index in [0.29, 0.717) is 18.8 Å². The molecule has 0 spiro atoms. The van der Waals surface area contributed by atoms with Crippen LogP contribution in [0.2, 0.25) is 0 Å². The van der Waals surface area contributed by atoms with E-state index in [9.17, 15) is 9.18 Å². The molecule has 0 bridgehead atoms. The van der Waals surface area contributed by atoms with Gasteiger partial charge >= 0.3 is 0 Å². The van der Waals surface area contributed by atoms with Gasteiger partial charge in [-0.15, -0.1) is 0 Å².